The molecule has 0 heterocycles. The fraction of sp³-hybridized carbons (Fsp3) is 0.533. The van der Waals surface area contributed by atoms with Gasteiger partial charge in [0, 0.05) is 13.1 Å². The lowest BCUT2D eigenvalue weighted by Crippen LogP contribution is -2.28. The second-order valence-electron chi connectivity index (χ2n) is 4.73. The summed E-state index contributed by atoms with van der Waals surface area (Å²) >= 11 is 0. The number of hydrogen-bond donors (Lipinski definition) is 0. The summed E-state index contributed by atoms with van der Waals surface area (Å²) in [5.74, 6) is 0.0966. The van der Waals surface area contributed by atoms with Crippen LogP contribution in [-0.4, -0.2) is 18.0 Å². The van der Waals surface area contributed by atoms with Gasteiger partial charge in [0.15, 0.2) is 0 Å². The summed E-state index contributed by atoms with van der Waals surface area (Å²) in [4.78, 5) is 2.34. The van der Waals surface area contributed by atoms with Crippen molar-refractivity contribution in [2.75, 3.05) is 13.1 Å². The Morgan fingerprint density at radius 3 is 2.35 bits per heavy atom. The molecule has 1 rings (SSSR count). The number of nitrogens with zero attached hydrogens (tertiary/aromatic N) is 2. The molecule has 0 spiro atoms. The summed E-state index contributed by atoms with van der Waals surface area (Å²) in [7, 11) is 0. The molecule has 92 valence electrons. The molecule has 0 saturated carbocycles. The van der Waals surface area contributed by atoms with E-state index in [1.54, 1.807) is 0 Å². The molecule has 1 aromatic carbocycles. The first-order valence-electron chi connectivity index (χ1n) is 6.25. The highest BCUT2D eigenvalue weighted by Gasteiger charge is 2.11. The van der Waals surface area contributed by atoms with Crippen molar-refractivity contribution >= 4 is 0 Å². The van der Waals surface area contributed by atoms with E-state index in [0.717, 1.165) is 19.6 Å². The van der Waals surface area contributed by atoms with Crippen LogP contribution >= 0.6 is 0 Å². The number of hydrogen-bond acceptors (Lipinski definition) is 2. The lowest BCUT2D eigenvalue weighted by molar-refractivity contribution is 0.259. The molecule has 2 nitrogen and oxygen atoms in total. The van der Waals surface area contributed by atoms with Crippen molar-refractivity contribution in [3.8, 4) is 6.07 Å². The van der Waals surface area contributed by atoms with Crippen molar-refractivity contribution in [3.05, 3.63) is 34.9 Å². The minimum absolute atomic E-state index is 0.0966. The highest BCUT2D eigenvalue weighted by molar-refractivity contribution is 5.33. The van der Waals surface area contributed by atoms with E-state index in [1.807, 2.05) is 6.92 Å². The van der Waals surface area contributed by atoms with Crippen LogP contribution in [0.25, 0.3) is 0 Å². The summed E-state index contributed by atoms with van der Waals surface area (Å²) in [6, 6.07) is 8.72. The topological polar surface area (TPSA) is 27.0 Å². The molecule has 0 fully saturated rings. The fourth-order valence-corrected chi connectivity index (χ4v) is 2.06. The van der Waals surface area contributed by atoms with E-state index in [0.29, 0.717) is 0 Å². The highest BCUT2D eigenvalue weighted by atomic mass is 15.1. The third-order valence-electron chi connectivity index (χ3n) is 3.23. The Labute approximate surface area is 105 Å². The van der Waals surface area contributed by atoms with E-state index in [4.69, 9.17) is 5.26 Å². The summed E-state index contributed by atoms with van der Waals surface area (Å²) in [5, 5.41) is 8.88. The first kappa shape index (κ1) is 13.7. The molecule has 0 aromatic heterocycles. The van der Waals surface area contributed by atoms with Crippen molar-refractivity contribution in [1.29, 1.82) is 5.26 Å². The average molecular weight is 230 g/mol. The fourth-order valence-electron chi connectivity index (χ4n) is 2.06. The van der Waals surface area contributed by atoms with E-state index in [9.17, 15) is 0 Å². The number of nitriles is 1. The number of aryl methyl sites for hydroxylation is 2. The number of benzene rings is 1. The van der Waals surface area contributed by atoms with E-state index in [-0.39, 0.29) is 5.92 Å². The van der Waals surface area contributed by atoms with Gasteiger partial charge in [-0.25, -0.2) is 0 Å². The van der Waals surface area contributed by atoms with Crippen molar-refractivity contribution in [2.24, 2.45) is 5.92 Å². The van der Waals surface area contributed by atoms with Crippen molar-refractivity contribution in [3.63, 3.8) is 0 Å². The molecule has 0 aliphatic heterocycles. The first-order valence-corrected chi connectivity index (χ1v) is 6.25. The standard InChI is InChI=1S/C15H22N2/c1-5-17(10-12(2)9-16)11-15-13(3)7-6-8-14(15)4/h6-8,12H,5,10-11H2,1-4H3. The molecule has 0 aliphatic rings. The quantitative estimate of drug-likeness (QED) is 0.776. The molecule has 17 heavy (non-hydrogen) atoms. The second-order valence-corrected chi connectivity index (χ2v) is 4.73. The van der Waals surface area contributed by atoms with E-state index in [1.165, 1.54) is 16.7 Å². The molecule has 1 unspecified atom stereocenters. The van der Waals surface area contributed by atoms with Gasteiger partial charge in [-0.3, -0.25) is 4.90 Å². The van der Waals surface area contributed by atoms with Crippen molar-refractivity contribution in [2.45, 2.75) is 34.2 Å². The van der Waals surface area contributed by atoms with Crippen LogP contribution < -0.4 is 0 Å². The van der Waals surface area contributed by atoms with Crippen molar-refractivity contribution in [1.82, 2.24) is 4.90 Å². The normalized spacial score (nSPS) is 12.5. The van der Waals surface area contributed by atoms with Gasteiger partial charge in [0.2, 0.25) is 0 Å². The molecule has 0 aliphatic carbocycles. The van der Waals surface area contributed by atoms with Crippen LogP contribution in [0.2, 0.25) is 0 Å². The molecular weight excluding hydrogens is 208 g/mol. The van der Waals surface area contributed by atoms with Crippen LogP contribution in [0.4, 0.5) is 0 Å². The Bertz CT molecular complexity index is 384. The molecule has 0 amide bonds. The minimum atomic E-state index is 0.0966. The smallest absolute Gasteiger partial charge is 0.0666 e. The van der Waals surface area contributed by atoms with Gasteiger partial charge >= 0.3 is 0 Å². The molecular formula is C15H22N2. The van der Waals surface area contributed by atoms with E-state index in [2.05, 4.69) is 49.9 Å². The molecule has 0 bridgehead atoms. The average Bonchev–Trinajstić information content (AvgIpc) is 2.32. The van der Waals surface area contributed by atoms with E-state index >= 15 is 0 Å². The third-order valence-corrected chi connectivity index (χ3v) is 3.23. The zero-order chi connectivity index (χ0) is 12.8. The zero-order valence-electron chi connectivity index (χ0n) is 11.3. The lowest BCUT2D eigenvalue weighted by atomic mass is 10.0. The van der Waals surface area contributed by atoms with Gasteiger partial charge in [0.05, 0.1) is 12.0 Å². The SMILES string of the molecule is CCN(Cc1c(C)cccc1C)CC(C)C#N. The molecule has 1 atom stereocenters. The highest BCUT2D eigenvalue weighted by Crippen LogP contribution is 2.16. The predicted molar refractivity (Wildman–Crippen MR) is 71.6 cm³/mol. The van der Waals surface area contributed by atoms with E-state index < -0.39 is 0 Å². The van der Waals surface area contributed by atoms with Crippen LogP contribution in [0.5, 0.6) is 0 Å². The third kappa shape index (κ3) is 3.87. The maximum absolute atomic E-state index is 8.88. The van der Waals surface area contributed by atoms with Gasteiger partial charge in [-0.15, -0.1) is 0 Å². The largest absolute Gasteiger partial charge is 0.298 e. The van der Waals surface area contributed by atoms with Gasteiger partial charge in [-0.2, -0.15) is 5.26 Å². The van der Waals surface area contributed by atoms with Crippen LogP contribution in [0.15, 0.2) is 18.2 Å². The molecule has 0 saturated heterocycles. The van der Waals surface area contributed by atoms with Crippen LogP contribution in [0.1, 0.15) is 30.5 Å². The maximum Gasteiger partial charge on any atom is 0.0666 e. The molecule has 0 radical (unpaired) electrons. The van der Waals surface area contributed by atoms with Crippen LogP contribution in [-0.2, 0) is 6.54 Å². The first-order chi connectivity index (χ1) is 8.08. The Morgan fingerprint density at radius 2 is 1.88 bits per heavy atom. The Balaban J connectivity index is 2.78. The van der Waals surface area contributed by atoms with Gasteiger partial charge in [0.25, 0.3) is 0 Å². The molecule has 1 aromatic rings. The van der Waals surface area contributed by atoms with Crippen LogP contribution in [0, 0.1) is 31.1 Å². The Hall–Kier alpha value is -1.33. The molecule has 2 heteroatoms. The minimum Gasteiger partial charge on any atom is -0.298 e. The zero-order valence-corrected chi connectivity index (χ0v) is 11.3. The lowest BCUT2D eigenvalue weighted by Gasteiger charge is -2.23. The van der Waals surface area contributed by atoms with Crippen LogP contribution in [0.3, 0.4) is 0 Å². The molecule has 0 N–H and O–H groups in total. The second kappa shape index (κ2) is 6.42. The van der Waals surface area contributed by atoms with Gasteiger partial charge in [0.1, 0.15) is 0 Å². The van der Waals surface area contributed by atoms with Gasteiger partial charge < -0.3 is 0 Å². The summed E-state index contributed by atoms with van der Waals surface area (Å²) in [6.07, 6.45) is 0. The van der Waals surface area contributed by atoms with Crippen molar-refractivity contribution < 1.29 is 0 Å². The van der Waals surface area contributed by atoms with Gasteiger partial charge in [-0.1, -0.05) is 25.1 Å². The maximum atomic E-state index is 8.88. The Morgan fingerprint density at radius 1 is 1.29 bits per heavy atom. The predicted octanol–water partition coefficient (Wildman–Crippen LogP) is 3.29. The number of rotatable bonds is 5. The summed E-state index contributed by atoms with van der Waals surface area (Å²) in [5.41, 5.74) is 4.08. The van der Waals surface area contributed by atoms with Gasteiger partial charge in [-0.05, 0) is 44.0 Å². The Kier molecular flexibility index (Phi) is 5.18. The summed E-state index contributed by atoms with van der Waals surface area (Å²) < 4.78 is 0. The monoisotopic (exact) mass is 230 g/mol. The summed E-state index contributed by atoms with van der Waals surface area (Å²) in [6.45, 7) is 11.2.